The van der Waals surface area contributed by atoms with E-state index < -0.39 is 17.5 Å². The molecule has 0 aromatic heterocycles. The Hall–Kier alpha value is -0.970. The van der Waals surface area contributed by atoms with Crippen LogP contribution < -0.4 is 0 Å². The van der Waals surface area contributed by atoms with Crippen LogP contribution in [0.25, 0.3) is 0 Å². The van der Waals surface area contributed by atoms with E-state index in [1.807, 2.05) is 18.2 Å². The van der Waals surface area contributed by atoms with Gasteiger partial charge in [0.2, 0.25) is 0 Å². The molecule has 4 heteroatoms. The zero-order valence-corrected chi connectivity index (χ0v) is 7.74. The lowest BCUT2D eigenvalue weighted by Gasteiger charge is -2.09. The minimum atomic E-state index is -2.27. The van der Waals surface area contributed by atoms with Crippen molar-refractivity contribution >= 4 is 11.4 Å². The molecule has 0 fully saturated rings. The molecular formula is C9H10O3S. The van der Waals surface area contributed by atoms with Crippen molar-refractivity contribution < 1.29 is 12.9 Å². The first-order valence-electron chi connectivity index (χ1n) is 3.69. The largest absolute Gasteiger partial charge is 0.302 e. The molecule has 1 aromatic carbocycles. The van der Waals surface area contributed by atoms with E-state index in [1.54, 1.807) is 12.1 Å². The molecule has 0 heterocycles. The minimum absolute atomic E-state index is 0.535. The Bertz CT molecular complexity index is 297. The van der Waals surface area contributed by atoms with Crippen molar-refractivity contribution in [3.8, 4) is 0 Å². The van der Waals surface area contributed by atoms with Crippen LogP contribution in [-0.2, 0) is 15.5 Å². The molecule has 1 N–H and O–H groups in total. The SMILES string of the molecule is C=CC(OS(=O)O)c1ccccc1. The van der Waals surface area contributed by atoms with Crippen molar-refractivity contribution in [2.45, 2.75) is 6.10 Å². The Kier molecular flexibility index (Phi) is 3.82. The van der Waals surface area contributed by atoms with Crippen molar-refractivity contribution in [1.29, 1.82) is 0 Å². The summed E-state index contributed by atoms with van der Waals surface area (Å²) in [5, 5.41) is 0. The molecule has 1 aromatic rings. The van der Waals surface area contributed by atoms with Crippen LogP contribution in [0.1, 0.15) is 11.7 Å². The van der Waals surface area contributed by atoms with Crippen LogP contribution in [0.3, 0.4) is 0 Å². The Morgan fingerprint density at radius 1 is 1.46 bits per heavy atom. The summed E-state index contributed by atoms with van der Waals surface area (Å²) in [6, 6.07) is 9.13. The van der Waals surface area contributed by atoms with Crippen molar-refractivity contribution in [2.24, 2.45) is 0 Å². The van der Waals surface area contributed by atoms with Gasteiger partial charge in [-0.15, -0.1) is 6.58 Å². The molecule has 2 unspecified atom stereocenters. The van der Waals surface area contributed by atoms with Crippen molar-refractivity contribution in [2.75, 3.05) is 0 Å². The Labute approximate surface area is 79.5 Å². The fraction of sp³-hybridized carbons (Fsp3) is 0.111. The monoisotopic (exact) mass is 198 g/mol. The van der Waals surface area contributed by atoms with E-state index in [9.17, 15) is 4.21 Å². The van der Waals surface area contributed by atoms with Crippen LogP contribution in [-0.4, -0.2) is 8.76 Å². The summed E-state index contributed by atoms with van der Waals surface area (Å²) in [5.74, 6) is 0. The second-order valence-corrected chi connectivity index (χ2v) is 3.01. The van der Waals surface area contributed by atoms with Gasteiger partial charge in [-0.3, -0.25) is 8.74 Å². The quantitative estimate of drug-likeness (QED) is 0.595. The maximum Gasteiger partial charge on any atom is 0.302 e. The molecule has 0 aliphatic heterocycles. The van der Waals surface area contributed by atoms with Gasteiger partial charge in [-0.2, -0.15) is 4.21 Å². The van der Waals surface area contributed by atoms with Gasteiger partial charge >= 0.3 is 11.4 Å². The average Bonchev–Trinajstić information content (AvgIpc) is 2.15. The lowest BCUT2D eigenvalue weighted by Crippen LogP contribution is -2.02. The van der Waals surface area contributed by atoms with Crippen LogP contribution >= 0.6 is 0 Å². The summed E-state index contributed by atoms with van der Waals surface area (Å²) in [7, 11) is 0. The van der Waals surface area contributed by atoms with E-state index in [0.717, 1.165) is 5.56 Å². The number of hydrogen-bond acceptors (Lipinski definition) is 2. The topological polar surface area (TPSA) is 46.5 Å². The summed E-state index contributed by atoms with van der Waals surface area (Å²) in [6.45, 7) is 3.52. The van der Waals surface area contributed by atoms with Gasteiger partial charge in [0.15, 0.2) is 0 Å². The normalized spacial score (nSPS) is 14.8. The second kappa shape index (κ2) is 4.91. The summed E-state index contributed by atoms with van der Waals surface area (Å²) in [5.41, 5.74) is 0.805. The van der Waals surface area contributed by atoms with E-state index in [4.69, 9.17) is 8.74 Å². The van der Waals surface area contributed by atoms with Gasteiger partial charge in [-0.25, -0.2) is 0 Å². The fourth-order valence-electron chi connectivity index (χ4n) is 0.962. The minimum Gasteiger partial charge on any atom is -0.284 e. The van der Waals surface area contributed by atoms with Gasteiger partial charge in [0, 0.05) is 0 Å². The van der Waals surface area contributed by atoms with Crippen LogP contribution in [0, 0.1) is 0 Å². The molecule has 0 spiro atoms. The van der Waals surface area contributed by atoms with Gasteiger partial charge < -0.3 is 0 Å². The van der Waals surface area contributed by atoms with E-state index in [-0.39, 0.29) is 0 Å². The van der Waals surface area contributed by atoms with Crippen LogP contribution in [0.4, 0.5) is 0 Å². The van der Waals surface area contributed by atoms with Crippen molar-refractivity contribution in [1.82, 2.24) is 0 Å². The molecular weight excluding hydrogens is 188 g/mol. The molecule has 0 saturated carbocycles. The van der Waals surface area contributed by atoms with Gasteiger partial charge in [0.25, 0.3) is 0 Å². The van der Waals surface area contributed by atoms with Gasteiger partial charge in [0.05, 0.1) is 0 Å². The van der Waals surface area contributed by atoms with Gasteiger partial charge in [0.1, 0.15) is 6.10 Å². The van der Waals surface area contributed by atoms with E-state index in [2.05, 4.69) is 6.58 Å². The Balaban J connectivity index is 2.78. The Morgan fingerprint density at radius 2 is 2.08 bits per heavy atom. The summed E-state index contributed by atoms with van der Waals surface area (Å²) >= 11 is -2.27. The third-order valence-corrected chi connectivity index (χ3v) is 1.90. The highest BCUT2D eigenvalue weighted by atomic mass is 32.2. The molecule has 0 aliphatic rings. The number of hydrogen-bond donors (Lipinski definition) is 1. The predicted octanol–water partition coefficient (Wildman–Crippen LogP) is 2.07. The third kappa shape index (κ3) is 3.10. The Morgan fingerprint density at radius 3 is 2.54 bits per heavy atom. The molecule has 2 atom stereocenters. The second-order valence-electron chi connectivity index (χ2n) is 2.38. The zero-order valence-electron chi connectivity index (χ0n) is 6.92. The number of benzene rings is 1. The van der Waals surface area contributed by atoms with Crippen molar-refractivity contribution in [3.05, 3.63) is 48.6 Å². The van der Waals surface area contributed by atoms with Crippen LogP contribution in [0.15, 0.2) is 43.0 Å². The lowest BCUT2D eigenvalue weighted by atomic mass is 10.1. The van der Waals surface area contributed by atoms with E-state index in [1.165, 1.54) is 6.08 Å². The standard InChI is InChI=1S/C9H10O3S/c1-2-9(12-13(10)11)8-6-4-3-5-7-8/h2-7,9H,1H2,(H,10,11). The van der Waals surface area contributed by atoms with Crippen LogP contribution in [0.5, 0.6) is 0 Å². The average molecular weight is 198 g/mol. The first kappa shape index (κ1) is 10.1. The molecule has 0 bridgehead atoms. The highest BCUT2D eigenvalue weighted by Crippen LogP contribution is 2.18. The zero-order chi connectivity index (χ0) is 9.68. The lowest BCUT2D eigenvalue weighted by molar-refractivity contribution is 0.253. The highest BCUT2D eigenvalue weighted by molar-refractivity contribution is 7.74. The van der Waals surface area contributed by atoms with E-state index >= 15 is 0 Å². The smallest absolute Gasteiger partial charge is 0.284 e. The maximum absolute atomic E-state index is 10.4. The molecule has 0 amide bonds. The predicted molar refractivity (Wildman–Crippen MR) is 51.2 cm³/mol. The maximum atomic E-state index is 10.4. The van der Waals surface area contributed by atoms with E-state index in [0.29, 0.717) is 0 Å². The van der Waals surface area contributed by atoms with Gasteiger partial charge in [-0.1, -0.05) is 36.4 Å². The summed E-state index contributed by atoms with van der Waals surface area (Å²) in [4.78, 5) is 0. The summed E-state index contributed by atoms with van der Waals surface area (Å²) in [6.07, 6.45) is 0.940. The molecule has 70 valence electrons. The first-order chi connectivity index (χ1) is 6.24. The molecule has 0 aliphatic carbocycles. The molecule has 13 heavy (non-hydrogen) atoms. The number of rotatable bonds is 4. The van der Waals surface area contributed by atoms with Gasteiger partial charge in [-0.05, 0) is 5.56 Å². The molecule has 3 nitrogen and oxygen atoms in total. The molecule has 0 radical (unpaired) electrons. The molecule has 1 rings (SSSR count). The fourth-order valence-corrected chi connectivity index (χ4v) is 1.33. The summed E-state index contributed by atoms with van der Waals surface area (Å²) < 4.78 is 23.6. The van der Waals surface area contributed by atoms with Crippen molar-refractivity contribution in [3.63, 3.8) is 0 Å². The third-order valence-electron chi connectivity index (χ3n) is 1.53. The molecule has 0 saturated heterocycles. The highest BCUT2D eigenvalue weighted by Gasteiger charge is 2.09. The first-order valence-corrected chi connectivity index (χ1v) is 4.72. The van der Waals surface area contributed by atoms with Crippen LogP contribution in [0.2, 0.25) is 0 Å².